The van der Waals surface area contributed by atoms with Crippen molar-refractivity contribution >= 4 is 17.5 Å². The number of nitrogens with one attached hydrogen (secondary N) is 1. The summed E-state index contributed by atoms with van der Waals surface area (Å²) in [5.41, 5.74) is 0.294. The first-order valence-corrected chi connectivity index (χ1v) is 13.1. The zero-order chi connectivity index (χ0) is 28.6. The first-order valence-electron chi connectivity index (χ1n) is 13.1. The maximum Gasteiger partial charge on any atom is 0.416 e. The monoisotopic (exact) mass is 538 g/mol. The van der Waals surface area contributed by atoms with Crippen LogP contribution in [0.4, 0.5) is 13.2 Å². The Hall–Kier alpha value is -3.67. The average Bonchev–Trinajstić information content (AvgIpc) is 3.17. The summed E-state index contributed by atoms with van der Waals surface area (Å²) in [7, 11) is 0. The van der Waals surface area contributed by atoms with Gasteiger partial charge in [-0.25, -0.2) is 0 Å². The summed E-state index contributed by atoms with van der Waals surface area (Å²) in [6.07, 6.45) is -1.40. The lowest BCUT2D eigenvalue weighted by Crippen LogP contribution is -2.50. The maximum absolute atomic E-state index is 13.9. The number of hydrogen-bond acceptors (Lipinski definition) is 4. The number of carbonyl (C=O) groups is 2. The molecule has 2 amide bonds. The van der Waals surface area contributed by atoms with E-state index in [1.807, 2.05) is 13.0 Å². The quantitative estimate of drug-likeness (QED) is 0.455. The number of amides is 2. The Kier molecular flexibility index (Phi) is 7.61. The number of halogens is 3. The number of nitriles is 1. The van der Waals surface area contributed by atoms with Gasteiger partial charge in [0.1, 0.15) is 17.9 Å². The topological polar surface area (TPSA) is 85.6 Å². The molecule has 0 unspecified atom stereocenters. The van der Waals surface area contributed by atoms with Gasteiger partial charge in [-0.1, -0.05) is 45.0 Å². The van der Waals surface area contributed by atoms with E-state index in [0.29, 0.717) is 29.9 Å². The molecule has 0 bridgehead atoms. The van der Waals surface area contributed by atoms with Crippen LogP contribution in [-0.4, -0.2) is 34.6 Å². The molecule has 1 spiro atoms. The van der Waals surface area contributed by atoms with Crippen molar-refractivity contribution in [3.63, 3.8) is 0 Å². The molecule has 1 aliphatic heterocycles. The average molecular weight is 539 g/mol. The van der Waals surface area contributed by atoms with E-state index in [9.17, 15) is 22.8 Å². The van der Waals surface area contributed by atoms with Gasteiger partial charge < -0.3 is 10.2 Å². The SMILES string of the molecule is C[C@H](c1ccc(C(=O)NCC#N)cc1)N1C(=O)C(c2ccc(C(F)(F)F)cc2)=NC12CCC(C(C)(C)C)CC2. The van der Waals surface area contributed by atoms with Gasteiger partial charge in [-0.2, -0.15) is 18.4 Å². The Labute approximate surface area is 226 Å². The van der Waals surface area contributed by atoms with Gasteiger partial charge in [-0.15, -0.1) is 0 Å². The van der Waals surface area contributed by atoms with Crippen molar-refractivity contribution in [2.75, 3.05) is 6.54 Å². The molecule has 9 heteroatoms. The molecule has 2 aromatic rings. The highest BCUT2D eigenvalue weighted by Crippen LogP contribution is 2.49. The van der Waals surface area contributed by atoms with Crippen LogP contribution in [0.5, 0.6) is 0 Å². The minimum absolute atomic E-state index is 0.0958. The maximum atomic E-state index is 13.9. The largest absolute Gasteiger partial charge is 0.416 e. The Morgan fingerprint density at radius 1 is 1.10 bits per heavy atom. The summed E-state index contributed by atoms with van der Waals surface area (Å²) in [5, 5.41) is 11.2. The first-order chi connectivity index (χ1) is 18.3. The Bertz CT molecular complexity index is 1290. The number of nitrogens with zero attached hydrogens (tertiary/aromatic N) is 3. The normalized spacial score (nSPS) is 22.4. The van der Waals surface area contributed by atoms with Gasteiger partial charge in [0.2, 0.25) is 0 Å². The number of alkyl halides is 3. The second-order valence-electron chi connectivity index (χ2n) is 11.5. The molecular formula is C30H33F3N4O2. The van der Waals surface area contributed by atoms with E-state index in [4.69, 9.17) is 10.3 Å². The molecule has 1 saturated carbocycles. The molecule has 1 N–H and O–H groups in total. The van der Waals surface area contributed by atoms with Gasteiger partial charge in [0, 0.05) is 11.1 Å². The minimum atomic E-state index is -4.47. The van der Waals surface area contributed by atoms with E-state index in [1.54, 1.807) is 29.2 Å². The third-order valence-electron chi connectivity index (χ3n) is 8.06. The fourth-order valence-corrected chi connectivity index (χ4v) is 5.74. The minimum Gasteiger partial charge on any atom is -0.339 e. The van der Waals surface area contributed by atoms with Gasteiger partial charge in [0.25, 0.3) is 11.8 Å². The van der Waals surface area contributed by atoms with Crippen molar-refractivity contribution in [3.8, 4) is 6.07 Å². The van der Waals surface area contributed by atoms with Crippen LogP contribution in [0, 0.1) is 22.7 Å². The molecular weight excluding hydrogens is 505 g/mol. The number of carbonyl (C=O) groups excluding carboxylic acids is 2. The number of aliphatic imine (C=N–C) groups is 1. The van der Waals surface area contributed by atoms with Crippen molar-refractivity contribution in [2.45, 2.75) is 71.3 Å². The third kappa shape index (κ3) is 5.70. The molecule has 2 aliphatic rings. The fourth-order valence-electron chi connectivity index (χ4n) is 5.74. The predicted octanol–water partition coefficient (Wildman–Crippen LogP) is 6.28. The molecule has 1 atom stereocenters. The van der Waals surface area contributed by atoms with Crippen LogP contribution in [0.3, 0.4) is 0 Å². The smallest absolute Gasteiger partial charge is 0.339 e. The summed E-state index contributed by atoms with van der Waals surface area (Å²) in [6, 6.07) is 12.9. The summed E-state index contributed by atoms with van der Waals surface area (Å²) in [5.74, 6) is -0.211. The molecule has 0 radical (unpaired) electrons. The van der Waals surface area contributed by atoms with E-state index in [1.165, 1.54) is 12.1 Å². The Morgan fingerprint density at radius 3 is 2.21 bits per heavy atom. The molecule has 0 saturated heterocycles. The molecule has 39 heavy (non-hydrogen) atoms. The molecule has 1 heterocycles. The highest BCUT2D eigenvalue weighted by molar-refractivity contribution is 6.46. The van der Waals surface area contributed by atoms with Gasteiger partial charge in [0.15, 0.2) is 0 Å². The lowest BCUT2D eigenvalue weighted by Gasteiger charge is -2.46. The first kappa shape index (κ1) is 28.3. The van der Waals surface area contributed by atoms with Crippen molar-refractivity contribution in [1.82, 2.24) is 10.2 Å². The third-order valence-corrected chi connectivity index (χ3v) is 8.06. The molecule has 0 aromatic heterocycles. The van der Waals surface area contributed by atoms with Crippen molar-refractivity contribution in [1.29, 1.82) is 5.26 Å². The second-order valence-corrected chi connectivity index (χ2v) is 11.5. The van der Waals surface area contributed by atoms with E-state index >= 15 is 0 Å². The van der Waals surface area contributed by atoms with Crippen LogP contribution in [-0.2, 0) is 11.0 Å². The summed E-state index contributed by atoms with van der Waals surface area (Å²) in [4.78, 5) is 32.9. The standard InChI is InChI=1S/C30H33F3N4O2/c1-19(20-5-7-22(8-6-20)26(38)35-18-17-34)37-27(39)25(21-9-11-24(12-10-21)30(31,32)33)36-29(37)15-13-23(14-16-29)28(2,3)4/h5-12,19,23H,13-16,18H2,1-4H3,(H,35,38)/t19-,23?,29?/m1/s1. The zero-order valence-corrected chi connectivity index (χ0v) is 22.6. The number of benzene rings is 2. The van der Waals surface area contributed by atoms with Crippen LogP contribution in [0.2, 0.25) is 0 Å². The zero-order valence-electron chi connectivity index (χ0n) is 22.6. The van der Waals surface area contributed by atoms with Crippen LogP contribution in [0.25, 0.3) is 0 Å². The molecule has 1 aliphatic carbocycles. The van der Waals surface area contributed by atoms with Gasteiger partial charge in [-0.3, -0.25) is 14.6 Å². The van der Waals surface area contributed by atoms with Gasteiger partial charge in [-0.05, 0) is 73.8 Å². The summed E-state index contributed by atoms with van der Waals surface area (Å²) < 4.78 is 39.4. The van der Waals surface area contributed by atoms with Crippen molar-refractivity contribution in [2.24, 2.45) is 16.3 Å². The van der Waals surface area contributed by atoms with Crippen molar-refractivity contribution < 1.29 is 22.8 Å². The van der Waals surface area contributed by atoms with Crippen molar-refractivity contribution in [3.05, 3.63) is 70.8 Å². The lowest BCUT2D eigenvalue weighted by molar-refractivity contribution is -0.137. The lowest BCUT2D eigenvalue weighted by atomic mass is 9.69. The summed E-state index contributed by atoms with van der Waals surface area (Å²) >= 11 is 0. The van der Waals surface area contributed by atoms with Gasteiger partial charge in [0.05, 0.1) is 17.7 Å². The molecule has 4 rings (SSSR count). The number of rotatable bonds is 5. The predicted molar refractivity (Wildman–Crippen MR) is 142 cm³/mol. The van der Waals surface area contributed by atoms with E-state index in [-0.39, 0.29) is 29.5 Å². The van der Waals surface area contributed by atoms with Crippen LogP contribution in [0.15, 0.2) is 53.5 Å². The molecule has 1 fully saturated rings. The highest BCUT2D eigenvalue weighted by atomic mass is 19.4. The molecule has 206 valence electrons. The summed E-state index contributed by atoms with van der Waals surface area (Å²) in [6.45, 7) is 8.44. The molecule has 2 aromatic carbocycles. The van der Waals surface area contributed by atoms with E-state index < -0.39 is 23.4 Å². The van der Waals surface area contributed by atoms with Crippen LogP contribution < -0.4 is 5.32 Å². The Morgan fingerprint density at radius 2 is 1.69 bits per heavy atom. The Balaban J connectivity index is 1.67. The molecule has 6 nitrogen and oxygen atoms in total. The van der Waals surface area contributed by atoms with Crippen LogP contribution in [0.1, 0.15) is 86.5 Å². The van der Waals surface area contributed by atoms with Crippen LogP contribution >= 0.6 is 0 Å². The second kappa shape index (κ2) is 10.5. The van der Waals surface area contributed by atoms with E-state index in [0.717, 1.165) is 30.5 Å². The highest BCUT2D eigenvalue weighted by Gasteiger charge is 2.52. The van der Waals surface area contributed by atoms with E-state index in [2.05, 4.69) is 26.1 Å². The number of hydrogen-bond donors (Lipinski definition) is 1. The van der Waals surface area contributed by atoms with Gasteiger partial charge >= 0.3 is 6.18 Å². The fraction of sp³-hybridized carbons (Fsp3) is 0.467.